The Morgan fingerprint density at radius 1 is 1.07 bits per heavy atom. The molecule has 3 rings (SSSR count). The zero-order chi connectivity index (χ0) is 20.8. The van der Waals surface area contributed by atoms with E-state index < -0.39 is 6.10 Å². The number of nitrogens with zero attached hydrogens (tertiary/aromatic N) is 1. The van der Waals surface area contributed by atoms with E-state index in [0.717, 1.165) is 43.5 Å². The number of nitrogens with one attached hydrogen (secondary N) is 1. The molecule has 1 aliphatic rings. The van der Waals surface area contributed by atoms with Gasteiger partial charge in [0.2, 0.25) is 0 Å². The fourth-order valence-electron chi connectivity index (χ4n) is 3.67. The highest BCUT2D eigenvalue weighted by atomic mass is 16.5. The number of likely N-dealkylation sites (tertiary alicyclic amines) is 1. The Balaban J connectivity index is 1.74. The van der Waals surface area contributed by atoms with Crippen LogP contribution in [0, 0.1) is 13.8 Å². The highest BCUT2D eigenvalue weighted by molar-refractivity contribution is 6.04. The molecular formula is C24H30N2O3. The fraction of sp³-hybridized carbons (Fsp3) is 0.417. The van der Waals surface area contributed by atoms with Gasteiger partial charge >= 0.3 is 0 Å². The lowest BCUT2D eigenvalue weighted by molar-refractivity contribution is -0.122. The lowest BCUT2D eigenvalue weighted by atomic mass is 10.1. The first-order chi connectivity index (χ1) is 14.0. The molecule has 0 bridgehead atoms. The Morgan fingerprint density at radius 2 is 1.79 bits per heavy atom. The van der Waals surface area contributed by atoms with Crippen molar-refractivity contribution < 1.29 is 14.3 Å². The molecule has 0 radical (unpaired) electrons. The smallest absolute Gasteiger partial charge is 0.265 e. The SMILES string of the molecule is CCC(Oc1ccc(C)cc1C)C(=O)Nc1ccccc1C(=O)N1CCCCC1. The molecule has 0 saturated carbocycles. The van der Waals surface area contributed by atoms with Gasteiger partial charge in [0.15, 0.2) is 6.10 Å². The summed E-state index contributed by atoms with van der Waals surface area (Å²) in [5.74, 6) is 0.436. The minimum atomic E-state index is -0.630. The number of benzene rings is 2. The van der Waals surface area contributed by atoms with Crippen LogP contribution in [0.1, 0.15) is 54.1 Å². The van der Waals surface area contributed by atoms with Crippen molar-refractivity contribution in [3.8, 4) is 5.75 Å². The molecule has 5 heteroatoms. The van der Waals surface area contributed by atoms with Gasteiger partial charge in [-0.2, -0.15) is 0 Å². The number of anilines is 1. The van der Waals surface area contributed by atoms with Crippen LogP contribution in [0.2, 0.25) is 0 Å². The maximum atomic E-state index is 13.0. The fourth-order valence-corrected chi connectivity index (χ4v) is 3.67. The maximum absolute atomic E-state index is 13.0. The molecule has 1 aliphatic heterocycles. The third-order valence-electron chi connectivity index (χ3n) is 5.32. The highest BCUT2D eigenvalue weighted by Gasteiger charge is 2.24. The molecule has 1 N–H and O–H groups in total. The molecule has 2 aromatic carbocycles. The molecule has 0 aromatic heterocycles. The number of aryl methyl sites for hydroxylation is 2. The third kappa shape index (κ3) is 5.17. The van der Waals surface area contributed by atoms with Crippen LogP contribution >= 0.6 is 0 Å². The first-order valence-corrected chi connectivity index (χ1v) is 10.4. The van der Waals surface area contributed by atoms with E-state index in [1.54, 1.807) is 12.1 Å². The van der Waals surface area contributed by atoms with E-state index in [0.29, 0.717) is 23.4 Å². The summed E-state index contributed by atoms with van der Waals surface area (Å²) in [5, 5.41) is 2.92. The van der Waals surface area contributed by atoms with Crippen LogP contribution in [-0.4, -0.2) is 35.9 Å². The summed E-state index contributed by atoms with van der Waals surface area (Å²) in [6, 6.07) is 13.1. The predicted octanol–water partition coefficient (Wildman–Crippen LogP) is 4.73. The van der Waals surface area contributed by atoms with Crippen molar-refractivity contribution in [3.05, 3.63) is 59.2 Å². The summed E-state index contributed by atoms with van der Waals surface area (Å²) in [6.07, 6.45) is 3.12. The van der Waals surface area contributed by atoms with E-state index in [9.17, 15) is 9.59 Å². The van der Waals surface area contributed by atoms with Crippen LogP contribution in [0.3, 0.4) is 0 Å². The Morgan fingerprint density at radius 3 is 2.48 bits per heavy atom. The van der Waals surface area contributed by atoms with Crippen molar-refractivity contribution in [2.75, 3.05) is 18.4 Å². The van der Waals surface area contributed by atoms with Crippen molar-refractivity contribution >= 4 is 17.5 Å². The number of hydrogen-bond donors (Lipinski definition) is 1. The quantitative estimate of drug-likeness (QED) is 0.771. The van der Waals surface area contributed by atoms with Gasteiger partial charge in [0.1, 0.15) is 5.75 Å². The Labute approximate surface area is 173 Å². The van der Waals surface area contributed by atoms with Crippen molar-refractivity contribution in [2.24, 2.45) is 0 Å². The number of amides is 2. The molecule has 1 atom stereocenters. The number of hydrogen-bond acceptors (Lipinski definition) is 3. The van der Waals surface area contributed by atoms with Gasteiger partial charge in [0.25, 0.3) is 11.8 Å². The van der Waals surface area contributed by atoms with Gasteiger partial charge in [0, 0.05) is 13.1 Å². The van der Waals surface area contributed by atoms with Gasteiger partial charge in [-0.25, -0.2) is 0 Å². The molecule has 2 amide bonds. The van der Waals surface area contributed by atoms with E-state index in [-0.39, 0.29) is 11.8 Å². The molecular weight excluding hydrogens is 364 g/mol. The van der Waals surface area contributed by atoms with Crippen LogP contribution in [0.4, 0.5) is 5.69 Å². The van der Waals surface area contributed by atoms with Crippen LogP contribution < -0.4 is 10.1 Å². The number of carbonyl (C=O) groups excluding carboxylic acids is 2. The van der Waals surface area contributed by atoms with Gasteiger partial charge < -0.3 is 15.0 Å². The second-order valence-corrected chi connectivity index (χ2v) is 7.67. The molecule has 0 aliphatic carbocycles. The number of para-hydroxylation sites is 1. The van der Waals surface area contributed by atoms with Crippen molar-refractivity contribution in [1.29, 1.82) is 0 Å². The van der Waals surface area contributed by atoms with Gasteiger partial charge in [-0.15, -0.1) is 0 Å². The second kappa shape index (κ2) is 9.59. The average molecular weight is 395 g/mol. The van der Waals surface area contributed by atoms with Gasteiger partial charge in [-0.05, 0) is 63.3 Å². The largest absolute Gasteiger partial charge is 0.480 e. The van der Waals surface area contributed by atoms with Crippen LogP contribution in [0.15, 0.2) is 42.5 Å². The topological polar surface area (TPSA) is 58.6 Å². The second-order valence-electron chi connectivity index (χ2n) is 7.67. The number of piperidine rings is 1. The summed E-state index contributed by atoms with van der Waals surface area (Å²) in [5.41, 5.74) is 3.22. The lowest BCUT2D eigenvalue weighted by Gasteiger charge is -2.27. The van der Waals surface area contributed by atoms with Crippen molar-refractivity contribution in [2.45, 2.75) is 52.6 Å². The average Bonchev–Trinajstić information content (AvgIpc) is 2.73. The standard InChI is InChI=1S/C24H30N2O3/c1-4-21(29-22-13-12-17(2)16-18(22)3)23(27)25-20-11-7-6-10-19(20)24(28)26-14-8-5-9-15-26/h6-7,10-13,16,21H,4-5,8-9,14-15H2,1-3H3,(H,25,27). The zero-order valence-corrected chi connectivity index (χ0v) is 17.5. The number of rotatable bonds is 6. The molecule has 1 saturated heterocycles. The third-order valence-corrected chi connectivity index (χ3v) is 5.32. The molecule has 2 aromatic rings. The minimum Gasteiger partial charge on any atom is -0.480 e. The van der Waals surface area contributed by atoms with Crippen LogP contribution in [0.5, 0.6) is 5.75 Å². The monoisotopic (exact) mass is 394 g/mol. The molecule has 1 heterocycles. The summed E-state index contributed by atoms with van der Waals surface area (Å²) < 4.78 is 5.99. The van der Waals surface area contributed by atoms with E-state index in [2.05, 4.69) is 5.32 Å². The van der Waals surface area contributed by atoms with E-state index in [1.165, 1.54) is 0 Å². The maximum Gasteiger partial charge on any atom is 0.265 e. The molecule has 154 valence electrons. The molecule has 0 spiro atoms. The molecule has 1 fully saturated rings. The Bertz CT molecular complexity index is 872. The normalized spacial score (nSPS) is 14.9. The van der Waals surface area contributed by atoms with Gasteiger partial charge in [0.05, 0.1) is 11.3 Å². The highest BCUT2D eigenvalue weighted by Crippen LogP contribution is 2.23. The number of carbonyl (C=O) groups is 2. The summed E-state index contributed by atoms with van der Waals surface area (Å²) in [4.78, 5) is 27.7. The number of ether oxygens (including phenoxy) is 1. The van der Waals surface area contributed by atoms with Crippen LogP contribution in [0.25, 0.3) is 0 Å². The predicted molar refractivity (Wildman–Crippen MR) is 115 cm³/mol. The van der Waals surface area contributed by atoms with Crippen molar-refractivity contribution in [1.82, 2.24) is 4.90 Å². The first-order valence-electron chi connectivity index (χ1n) is 10.4. The minimum absolute atomic E-state index is 0.0241. The van der Waals surface area contributed by atoms with Gasteiger partial charge in [-0.1, -0.05) is 36.8 Å². The summed E-state index contributed by atoms with van der Waals surface area (Å²) >= 11 is 0. The first kappa shape index (κ1) is 20.9. The van der Waals surface area contributed by atoms with E-state index in [4.69, 9.17) is 4.74 Å². The molecule has 5 nitrogen and oxygen atoms in total. The van der Waals surface area contributed by atoms with Gasteiger partial charge in [-0.3, -0.25) is 9.59 Å². The Kier molecular flexibility index (Phi) is 6.91. The van der Waals surface area contributed by atoms with Crippen molar-refractivity contribution in [3.63, 3.8) is 0 Å². The molecule has 1 unspecified atom stereocenters. The zero-order valence-electron chi connectivity index (χ0n) is 17.5. The molecule has 29 heavy (non-hydrogen) atoms. The van der Waals surface area contributed by atoms with E-state index in [1.807, 2.05) is 56.0 Å². The summed E-state index contributed by atoms with van der Waals surface area (Å²) in [7, 11) is 0. The Hall–Kier alpha value is -2.82. The summed E-state index contributed by atoms with van der Waals surface area (Å²) in [6.45, 7) is 7.46. The van der Waals surface area contributed by atoms with E-state index >= 15 is 0 Å². The lowest BCUT2D eigenvalue weighted by Crippen LogP contribution is -2.37. The van der Waals surface area contributed by atoms with Crippen LogP contribution in [-0.2, 0) is 4.79 Å².